The van der Waals surface area contributed by atoms with Gasteiger partial charge in [-0.05, 0) is 18.8 Å². The monoisotopic (exact) mass is 199 g/mol. The van der Waals surface area contributed by atoms with Crippen LogP contribution in [0.1, 0.15) is 32.6 Å². The number of hydrogen-bond donors (Lipinski definition) is 0. The van der Waals surface area contributed by atoms with Gasteiger partial charge in [-0.15, -0.1) is 0 Å². The van der Waals surface area contributed by atoms with Gasteiger partial charge >= 0.3 is 0 Å². The highest BCUT2D eigenvalue weighted by molar-refractivity contribution is 5.76. The summed E-state index contributed by atoms with van der Waals surface area (Å²) < 4.78 is 4.90. The first kappa shape index (κ1) is 11.5. The highest BCUT2D eigenvalue weighted by atomic mass is 16.5. The lowest BCUT2D eigenvalue weighted by atomic mass is 9.94. The van der Waals surface area contributed by atoms with Crippen molar-refractivity contribution in [3.8, 4) is 0 Å². The Balaban J connectivity index is 2.23. The average Bonchev–Trinajstić information content (AvgIpc) is 2.26. The molecule has 0 spiro atoms. The second-order valence-electron chi connectivity index (χ2n) is 3.98. The molecule has 14 heavy (non-hydrogen) atoms. The summed E-state index contributed by atoms with van der Waals surface area (Å²) >= 11 is 0. The van der Waals surface area contributed by atoms with Crippen LogP contribution in [0, 0.1) is 5.92 Å². The van der Waals surface area contributed by atoms with Gasteiger partial charge in [-0.25, -0.2) is 0 Å². The highest BCUT2D eigenvalue weighted by Crippen LogP contribution is 2.20. The summed E-state index contributed by atoms with van der Waals surface area (Å²) in [7, 11) is 1.64. The number of piperidine rings is 1. The van der Waals surface area contributed by atoms with Crippen LogP contribution in [-0.4, -0.2) is 37.6 Å². The van der Waals surface area contributed by atoms with Crippen LogP contribution in [0.5, 0.6) is 0 Å². The number of carbonyl (C=O) groups excluding carboxylic acids is 1. The van der Waals surface area contributed by atoms with Gasteiger partial charge in [0.2, 0.25) is 5.91 Å². The topological polar surface area (TPSA) is 29.5 Å². The van der Waals surface area contributed by atoms with Gasteiger partial charge < -0.3 is 9.64 Å². The minimum Gasteiger partial charge on any atom is -0.384 e. The zero-order valence-corrected chi connectivity index (χ0v) is 9.29. The summed E-state index contributed by atoms with van der Waals surface area (Å²) in [6.07, 6.45) is 4.14. The molecule has 0 aliphatic carbocycles. The lowest BCUT2D eigenvalue weighted by Gasteiger charge is -2.31. The van der Waals surface area contributed by atoms with Crippen molar-refractivity contribution in [1.82, 2.24) is 4.90 Å². The SMILES string of the molecule is CCC1CCN(C(=O)CCOC)CC1. The molecule has 1 heterocycles. The summed E-state index contributed by atoms with van der Waals surface area (Å²) in [6, 6.07) is 0. The molecular formula is C11H21NO2. The number of nitrogens with zero attached hydrogens (tertiary/aromatic N) is 1. The van der Waals surface area contributed by atoms with Crippen LogP contribution in [-0.2, 0) is 9.53 Å². The zero-order chi connectivity index (χ0) is 10.4. The Bertz CT molecular complexity index is 174. The molecular weight excluding hydrogens is 178 g/mol. The van der Waals surface area contributed by atoms with Crippen molar-refractivity contribution in [1.29, 1.82) is 0 Å². The van der Waals surface area contributed by atoms with Gasteiger partial charge in [0.25, 0.3) is 0 Å². The number of ether oxygens (including phenoxy) is 1. The maximum Gasteiger partial charge on any atom is 0.224 e. The molecule has 0 bridgehead atoms. The van der Waals surface area contributed by atoms with Gasteiger partial charge in [0, 0.05) is 20.2 Å². The van der Waals surface area contributed by atoms with Crippen LogP contribution >= 0.6 is 0 Å². The maximum atomic E-state index is 11.6. The predicted molar refractivity (Wildman–Crippen MR) is 56.1 cm³/mol. The standard InChI is InChI=1S/C11H21NO2/c1-3-10-4-7-12(8-5-10)11(13)6-9-14-2/h10H,3-9H2,1-2H3. The fourth-order valence-corrected chi connectivity index (χ4v) is 1.94. The highest BCUT2D eigenvalue weighted by Gasteiger charge is 2.20. The van der Waals surface area contributed by atoms with E-state index in [9.17, 15) is 4.79 Å². The number of likely N-dealkylation sites (tertiary alicyclic amines) is 1. The molecule has 1 saturated heterocycles. The maximum absolute atomic E-state index is 11.6. The fraction of sp³-hybridized carbons (Fsp3) is 0.909. The van der Waals surface area contributed by atoms with Crippen LogP contribution in [0.15, 0.2) is 0 Å². The van der Waals surface area contributed by atoms with Gasteiger partial charge in [0.1, 0.15) is 0 Å². The third-order valence-corrected chi connectivity index (χ3v) is 3.06. The summed E-state index contributed by atoms with van der Waals surface area (Å²) in [5.41, 5.74) is 0. The van der Waals surface area contributed by atoms with Crippen molar-refractivity contribution >= 4 is 5.91 Å². The lowest BCUT2D eigenvalue weighted by Crippen LogP contribution is -2.38. The van der Waals surface area contributed by atoms with E-state index in [-0.39, 0.29) is 5.91 Å². The van der Waals surface area contributed by atoms with Gasteiger partial charge in [0.05, 0.1) is 13.0 Å². The van der Waals surface area contributed by atoms with Crippen LogP contribution in [0.25, 0.3) is 0 Å². The molecule has 0 N–H and O–H groups in total. The Labute approximate surface area is 86.4 Å². The number of methoxy groups -OCH3 is 1. The molecule has 1 aliphatic heterocycles. The van der Waals surface area contributed by atoms with Crippen molar-refractivity contribution in [2.24, 2.45) is 5.92 Å². The third-order valence-electron chi connectivity index (χ3n) is 3.06. The Morgan fingerprint density at radius 2 is 2.07 bits per heavy atom. The van der Waals surface area contributed by atoms with E-state index >= 15 is 0 Å². The lowest BCUT2D eigenvalue weighted by molar-refractivity contribution is -0.133. The van der Waals surface area contributed by atoms with Crippen LogP contribution < -0.4 is 0 Å². The van der Waals surface area contributed by atoms with E-state index in [0.29, 0.717) is 13.0 Å². The van der Waals surface area contributed by atoms with Crippen molar-refractivity contribution < 1.29 is 9.53 Å². The van der Waals surface area contributed by atoms with E-state index in [1.54, 1.807) is 7.11 Å². The number of hydrogen-bond acceptors (Lipinski definition) is 2. The van der Waals surface area contributed by atoms with Gasteiger partial charge in [-0.1, -0.05) is 13.3 Å². The van der Waals surface area contributed by atoms with Crippen molar-refractivity contribution in [2.75, 3.05) is 26.8 Å². The molecule has 0 saturated carbocycles. The number of carbonyl (C=O) groups is 1. The van der Waals surface area contributed by atoms with E-state index in [1.807, 2.05) is 4.90 Å². The van der Waals surface area contributed by atoms with Crippen molar-refractivity contribution in [3.63, 3.8) is 0 Å². The molecule has 82 valence electrons. The number of amides is 1. The molecule has 0 aromatic carbocycles. The molecule has 3 nitrogen and oxygen atoms in total. The summed E-state index contributed by atoms with van der Waals surface area (Å²) in [5, 5.41) is 0. The number of rotatable bonds is 4. The van der Waals surface area contributed by atoms with E-state index in [1.165, 1.54) is 19.3 Å². The minimum atomic E-state index is 0.251. The van der Waals surface area contributed by atoms with Crippen molar-refractivity contribution in [2.45, 2.75) is 32.6 Å². The average molecular weight is 199 g/mol. The van der Waals surface area contributed by atoms with Gasteiger partial charge in [-0.2, -0.15) is 0 Å². The molecule has 3 heteroatoms. The molecule has 0 atom stereocenters. The molecule has 0 radical (unpaired) electrons. The zero-order valence-electron chi connectivity index (χ0n) is 9.29. The Morgan fingerprint density at radius 1 is 1.43 bits per heavy atom. The van der Waals surface area contributed by atoms with Crippen LogP contribution in [0.2, 0.25) is 0 Å². The second kappa shape index (κ2) is 6.02. The van der Waals surface area contributed by atoms with Crippen LogP contribution in [0.4, 0.5) is 0 Å². The van der Waals surface area contributed by atoms with Crippen molar-refractivity contribution in [3.05, 3.63) is 0 Å². The second-order valence-corrected chi connectivity index (χ2v) is 3.98. The van der Waals surface area contributed by atoms with E-state index in [2.05, 4.69) is 6.92 Å². The molecule has 1 fully saturated rings. The first-order chi connectivity index (χ1) is 6.77. The van der Waals surface area contributed by atoms with E-state index in [4.69, 9.17) is 4.74 Å². The Kier molecular flexibility index (Phi) is 4.94. The molecule has 0 unspecified atom stereocenters. The molecule has 1 amide bonds. The first-order valence-electron chi connectivity index (χ1n) is 5.54. The third kappa shape index (κ3) is 3.29. The van der Waals surface area contributed by atoms with E-state index in [0.717, 1.165) is 19.0 Å². The Hall–Kier alpha value is -0.570. The molecule has 1 rings (SSSR count). The minimum absolute atomic E-state index is 0.251. The van der Waals surface area contributed by atoms with Gasteiger partial charge in [0.15, 0.2) is 0 Å². The molecule has 0 aromatic heterocycles. The largest absolute Gasteiger partial charge is 0.384 e. The normalized spacial score (nSPS) is 18.6. The Morgan fingerprint density at radius 3 is 2.57 bits per heavy atom. The first-order valence-corrected chi connectivity index (χ1v) is 5.54. The summed E-state index contributed by atoms with van der Waals surface area (Å²) in [4.78, 5) is 13.6. The fourth-order valence-electron chi connectivity index (χ4n) is 1.94. The summed E-state index contributed by atoms with van der Waals surface area (Å²) in [6.45, 7) is 4.67. The van der Waals surface area contributed by atoms with Crippen LogP contribution in [0.3, 0.4) is 0 Å². The predicted octanol–water partition coefficient (Wildman–Crippen LogP) is 1.67. The summed E-state index contributed by atoms with van der Waals surface area (Å²) in [5.74, 6) is 1.09. The molecule has 1 aliphatic rings. The quantitative estimate of drug-likeness (QED) is 0.689. The molecule has 0 aromatic rings. The smallest absolute Gasteiger partial charge is 0.224 e. The van der Waals surface area contributed by atoms with E-state index < -0.39 is 0 Å². The van der Waals surface area contributed by atoms with Gasteiger partial charge in [-0.3, -0.25) is 4.79 Å².